The number of hydrogen-bond donors (Lipinski definition) is 2. The first kappa shape index (κ1) is 17.6. The van der Waals surface area contributed by atoms with Gasteiger partial charge in [0.2, 0.25) is 0 Å². The van der Waals surface area contributed by atoms with Gasteiger partial charge in [-0.05, 0) is 18.6 Å². The summed E-state index contributed by atoms with van der Waals surface area (Å²) in [6.45, 7) is 4.91. The molecule has 138 valence electrons. The molecule has 4 rings (SSSR count). The number of hydrogen-bond acceptors (Lipinski definition) is 7. The summed E-state index contributed by atoms with van der Waals surface area (Å²) in [4.78, 5) is 23.6. The van der Waals surface area contributed by atoms with Crippen LogP contribution < -0.4 is 0 Å². The summed E-state index contributed by atoms with van der Waals surface area (Å²) in [5, 5.41) is 21.8. The standard InChI is InChI=1S/C17H21BrO7/c1-7-4-9-16(5-23-8(2)19,13(22)10(7)20)15(3)12(18)11(21)14(25-9)17(15)6-24-17/h4,9,11-14,21-22H,5-6H2,1-3H3/t9-,11+,12-,13-,14-,15-,16-,17+/m1/s1. The van der Waals surface area contributed by atoms with Crippen LogP contribution in [-0.4, -0.2) is 70.0 Å². The minimum absolute atomic E-state index is 0.202. The number of epoxide rings is 1. The second-order valence-electron chi connectivity index (χ2n) is 7.69. The summed E-state index contributed by atoms with van der Waals surface area (Å²) < 4.78 is 17.2. The molecule has 2 aliphatic carbocycles. The van der Waals surface area contributed by atoms with Crippen LogP contribution in [0.1, 0.15) is 20.8 Å². The van der Waals surface area contributed by atoms with Crippen molar-refractivity contribution >= 4 is 27.7 Å². The lowest BCUT2D eigenvalue weighted by atomic mass is 9.50. The average Bonchev–Trinajstić information content (AvgIpc) is 3.34. The number of esters is 1. The topological polar surface area (TPSA) is 106 Å². The second-order valence-corrected chi connectivity index (χ2v) is 8.67. The minimum atomic E-state index is -1.43. The number of alkyl halides is 1. The van der Waals surface area contributed by atoms with Gasteiger partial charge in [-0.25, -0.2) is 0 Å². The molecule has 8 heteroatoms. The van der Waals surface area contributed by atoms with Gasteiger partial charge in [0.15, 0.2) is 5.78 Å². The van der Waals surface area contributed by atoms with Crippen LogP contribution in [-0.2, 0) is 23.8 Å². The third-order valence-corrected chi connectivity index (χ3v) is 8.22. The molecule has 25 heavy (non-hydrogen) atoms. The van der Waals surface area contributed by atoms with E-state index in [2.05, 4.69) is 15.9 Å². The largest absolute Gasteiger partial charge is 0.465 e. The molecule has 0 unspecified atom stereocenters. The highest BCUT2D eigenvalue weighted by atomic mass is 79.9. The van der Waals surface area contributed by atoms with Crippen molar-refractivity contribution in [2.75, 3.05) is 13.2 Å². The third-order valence-electron chi connectivity index (χ3n) is 6.76. The molecular formula is C17H21BrO7. The maximum atomic E-state index is 12.6. The fourth-order valence-corrected chi connectivity index (χ4v) is 6.27. The maximum Gasteiger partial charge on any atom is 0.302 e. The van der Waals surface area contributed by atoms with Crippen molar-refractivity contribution in [3.05, 3.63) is 11.6 Å². The fourth-order valence-electron chi connectivity index (χ4n) is 5.18. The van der Waals surface area contributed by atoms with Crippen LogP contribution in [0.4, 0.5) is 0 Å². The number of fused-ring (bicyclic) bond motifs is 2. The van der Waals surface area contributed by atoms with E-state index in [1.807, 2.05) is 6.92 Å². The molecule has 0 radical (unpaired) electrons. The van der Waals surface area contributed by atoms with Crippen LogP contribution in [0.25, 0.3) is 0 Å². The van der Waals surface area contributed by atoms with Gasteiger partial charge in [-0.15, -0.1) is 0 Å². The SMILES string of the molecule is CC(=O)OC[C@]12[C@H](O)C(=O)C(C)=C[C@H]1O[C@@H]1[C@@H](O)[C@@H](Br)[C@@]2(C)[C@]12CO2. The van der Waals surface area contributed by atoms with E-state index >= 15 is 0 Å². The predicted octanol–water partition coefficient (Wildman–Crippen LogP) is 0.106. The Morgan fingerprint density at radius 1 is 1.48 bits per heavy atom. The lowest BCUT2D eigenvalue weighted by Gasteiger charge is -2.59. The van der Waals surface area contributed by atoms with Crippen molar-refractivity contribution in [1.82, 2.24) is 0 Å². The van der Waals surface area contributed by atoms with E-state index in [1.165, 1.54) is 6.92 Å². The lowest BCUT2D eigenvalue weighted by Crippen LogP contribution is -2.72. The molecule has 4 aliphatic rings. The monoisotopic (exact) mass is 416 g/mol. The van der Waals surface area contributed by atoms with E-state index < -0.39 is 57.4 Å². The molecule has 0 aromatic carbocycles. The van der Waals surface area contributed by atoms with E-state index in [9.17, 15) is 19.8 Å². The van der Waals surface area contributed by atoms with Gasteiger partial charge in [0.1, 0.15) is 24.4 Å². The summed E-state index contributed by atoms with van der Waals surface area (Å²) in [5.41, 5.74) is -2.56. The van der Waals surface area contributed by atoms with Crippen LogP contribution in [0.2, 0.25) is 0 Å². The molecule has 1 saturated carbocycles. The van der Waals surface area contributed by atoms with Crippen molar-refractivity contribution in [2.24, 2.45) is 10.8 Å². The number of aliphatic hydroxyl groups is 2. The maximum absolute atomic E-state index is 12.6. The number of Topliss-reactive ketones (excluding diaryl/α,β-unsaturated/α-hetero) is 1. The zero-order valence-corrected chi connectivity index (χ0v) is 15.8. The molecule has 2 heterocycles. The molecule has 2 aliphatic heterocycles. The Morgan fingerprint density at radius 2 is 2.12 bits per heavy atom. The molecule has 2 saturated heterocycles. The van der Waals surface area contributed by atoms with Gasteiger partial charge in [0, 0.05) is 12.3 Å². The molecule has 0 aromatic rings. The van der Waals surface area contributed by atoms with Gasteiger partial charge in [-0.3, -0.25) is 9.59 Å². The predicted molar refractivity (Wildman–Crippen MR) is 88.0 cm³/mol. The van der Waals surface area contributed by atoms with Gasteiger partial charge >= 0.3 is 5.97 Å². The Balaban J connectivity index is 1.94. The van der Waals surface area contributed by atoms with E-state index in [1.54, 1.807) is 13.0 Å². The zero-order chi connectivity index (χ0) is 18.4. The summed E-state index contributed by atoms with van der Waals surface area (Å²) in [5.74, 6) is -0.941. The summed E-state index contributed by atoms with van der Waals surface area (Å²) in [6.07, 6.45) is -1.90. The minimum Gasteiger partial charge on any atom is -0.465 e. The number of carbonyl (C=O) groups is 2. The Morgan fingerprint density at radius 3 is 2.68 bits per heavy atom. The van der Waals surface area contributed by atoms with Crippen LogP contribution in [0.3, 0.4) is 0 Å². The van der Waals surface area contributed by atoms with Crippen molar-refractivity contribution < 1.29 is 34.0 Å². The van der Waals surface area contributed by atoms with E-state index in [0.29, 0.717) is 12.2 Å². The van der Waals surface area contributed by atoms with Gasteiger partial charge in [0.25, 0.3) is 0 Å². The van der Waals surface area contributed by atoms with Gasteiger partial charge in [-0.2, -0.15) is 0 Å². The molecule has 0 aromatic heterocycles. The Hall–Kier alpha value is -0.800. The fraction of sp³-hybridized carbons (Fsp3) is 0.765. The van der Waals surface area contributed by atoms with Crippen molar-refractivity contribution in [1.29, 1.82) is 0 Å². The lowest BCUT2D eigenvalue weighted by molar-refractivity contribution is -0.246. The average molecular weight is 417 g/mol. The number of halogens is 1. The number of ether oxygens (including phenoxy) is 3. The third kappa shape index (κ3) is 1.80. The van der Waals surface area contributed by atoms with E-state index in [4.69, 9.17) is 14.2 Å². The van der Waals surface area contributed by atoms with Crippen LogP contribution >= 0.6 is 15.9 Å². The molecule has 1 spiro atoms. The summed E-state index contributed by atoms with van der Waals surface area (Å²) in [7, 11) is 0. The molecule has 2 N–H and O–H groups in total. The number of aliphatic hydroxyl groups excluding tert-OH is 2. The van der Waals surface area contributed by atoms with Crippen LogP contribution in [0.5, 0.6) is 0 Å². The van der Waals surface area contributed by atoms with Crippen LogP contribution in [0.15, 0.2) is 11.6 Å². The number of carbonyl (C=O) groups excluding carboxylic acids is 2. The first-order valence-corrected chi connectivity index (χ1v) is 9.20. The van der Waals surface area contributed by atoms with Gasteiger partial charge < -0.3 is 24.4 Å². The highest BCUT2D eigenvalue weighted by molar-refractivity contribution is 9.09. The Labute approximate surface area is 153 Å². The molecule has 2 bridgehead atoms. The molecule has 3 fully saturated rings. The van der Waals surface area contributed by atoms with Crippen molar-refractivity contribution in [3.8, 4) is 0 Å². The van der Waals surface area contributed by atoms with Gasteiger partial charge in [-0.1, -0.05) is 22.9 Å². The first-order chi connectivity index (χ1) is 11.6. The molecular weight excluding hydrogens is 396 g/mol. The van der Waals surface area contributed by atoms with E-state index in [-0.39, 0.29) is 6.61 Å². The summed E-state index contributed by atoms with van der Waals surface area (Å²) >= 11 is 3.56. The van der Waals surface area contributed by atoms with Crippen molar-refractivity contribution in [3.63, 3.8) is 0 Å². The molecule has 8 atom stereocenters. The Bertz CT molecular complexity index is 686. The summed E-state index contributed by atoms with van der Waals surface area (Å²) in [6, 6.07) is 0. The first-order valence-electron chi connectivity index (χ1n) is 8.29. The normalized spacial score (nSPS) is 53.4. The van der Waals surface area contributed by atoms with E-state index in [0.717, 1.165) is 0 Å². The smallest absolute Gasteiger partial charge is 0.302 e. The number of ketones is 1. The number of rotatable bonds is 2. The molecule has 7 nitrogen and oxygen atoms in total. The second kappa shape index (κ2) is 5.13. The molecule has 0 amide bonds. The zero-order valence-electron chi connectivity index (χ0n) is 14.2. The van der Waals surface area contributed by atoms with Crippen molar-refractivity contribution in [2.45, 2.75) is 55.6 Å². The highest BCUT2D eigenvalue weighted by Gasteiger charge is 2.86. The highest BCUT2D eigenvalue weighted by Crippen LogP contribution is 2.72. The van der Waals surface area contributed by atoms with Crippen LogP contribution in [0, 0.1) is 10.8 Å². The van der Waals surface area contributed by atoms with Gasteiger partial charge in [0.05, 0.1) is 29.1 Å². The Kier molecular flexibility index (Phi) is 3.61. The quantitative estimate of drug-likeness (QED) is 0.373.